The molecule has 1 aliphatic heterocycles. The molecule has 1 aromatic rings. The predicted octanol–water partition coefficient (Wildman–Crippen LogP) is 2.20. The summed E-state index contributed by atoms with van der Waals surface area (Å²) in [6.45, 7) is 5.61. The second kappa shape index (κ2) is 6.75. The molecule has 2 heterocycles. The molecule has 1 fully saturated rings. The summed E-state index contributed by atoms with van der Waals surface area (Å²) in [5.41, 5.74) is 0.780. The van der Waals surface area contributed by atoms with Gasteiger partial charge in [-0.15, -0.1) is 11.3 Å². The normalized spacial score (nSPS) is 16.9. The van der Waals surface area contributed by atoms with Gasteiger partial charge in [-0.05, 0) is 32.0 Å². The van der Waals surface area contributed by atoms with Crippen molar-refractivity contribution in [3.63, 3.8) is 0 Å². The van der Waals surface area contributed by atoms with E-state index in [0.717, 1.165) is 25.2 Å². The number of nitriles is 1. The van der Waals surface area contributed by atoms with Gasteiger partial charge >= 0.3 is 0 Å². The molecule has 0 unspecified atom stereocenters. The van der Waals surface area contributed by atoms with Crippen molar-refractivity contribution in [1.29, 1.82) is 5.26 Å². The van der Waals surface area contributed by atoms with Crippen LogP contribution < -0.4 is 5.32 Å². The molecule has 0 atom stereocenters. The molecule has 0 saturated carbocycles. The van der Waals surface area contributed by atoms with Gasteiger partial charge in [-0.2, -0.15) is 5.26 Å². The third-order valence-corrected chi connectivity index (χ3v) is 4.07. The van der Waals surface area contributed by atoms with Crippen LogP contribution in [-0.2, 0) is 6.54 Å². The second-order valence-corrected chi connectivity index (χ2v) is 5.49. The van der Waals surface area contributed by atoms with Crippen molar-refractivity contribution in [2.45, 2.75) is 25.8 Å². The average molecular weight is 249 g/mol. The third-order valence-electron chi connectivity index (χ3n) is 3.14. The van der Waals surface area contributed by atoms with E-state index < -0.39 is 0 Å². The smallest absolute Gasteiger partial charge is 0.100 e. The molecule has 0 bridgehead atoms. The summed E-state index contributed by atoms with van der Waals surface area (Å²) >= 11 is 1.66. The number of likely N-dealkylation sites (tertiary alicyclic amines) is 1. The van der Waals surface area contributed by atoms with Crippen LogP contribution in [0.2, 0.25) is 0 Å². The number of hydrogen-bond donors (Lipinski definition) is 1. The van der Waals surface area contributed by atoms with Gasteiger partial charge in [-0.3, -0.25) is 0 Å². The standard InChI is InChI=1S/C13H19N3S/c14-9-12-8-13(17-11-12)10-15-4-7-16-5-2-1-3-6-16/h8,11,15H,1-7,10H2. The van der Waals surface area contributed by atoms with E-state index in [4.69, 9.17) is 5.26 Å². The Bertz CT molecular complexity index is 374. The van der Waals surface area contributed by atoms with Gasteiger partial charge in [0.25, 0.3) is 0 Å². The molecule has 1 saturated heterocycles. The summed E-state index contributed by atoms with van der Waals surface area (Å²) < 4.78 is 0. The Kier molecular flexibility index (Phi) is 4.99. The zero-order valence-electron chi connectivity index (χ0n) is 10.1. The number of piperidine rings is 1. The molecule has 17 heavy (non-hydrogen) atoms. The highest BCUT2D eigenvalue weighted by molar-refractivity contribution is 7.10. The summed E-state index contributed by atoms with van der Waals surface area (Å²) in [6, 6.07) is 4.13. The van der Waals surface area contributed by atoms with E-state index in [1.807, 2.05) is 11.4 Å². The van der Waals surface area contributed by atoms with E-state index in [-0.39, 0.29) is 0 Å². The molecule has 4 heteroatoms. The summed E-state index contributed by atoms with van der Waals surface area (Å²) in [5.74, 6) is 0. The number of thiophene rings is 1. The zero-order chi connectivity index (χ0) is 11.9. The molecular formula is C13H19N3S. The van der Waals surface area contributed by atoms with Crippen molar-refractivity contribution in [3.05, 3.63) is 21.9 Å². The van der Waals surface area contributed by atoms with Gasteiger partial charge in [-0.25, -0.2) is 0 Å². The Morgan fingerprint density at radius 1 is 1.35 bits per heavy atom. The van der Waals surface area contributed by atoms with Crippen molar-refractivity contribution in [1.82, 2.24) is 10.2 Å². The summed E-state index contributed by atoms with van der Waals surface area (Å²) in [7, 11) is 0. The maximum absolute atomic E-state index is 8.72. The van der Waals surface area contributed by atoms with Crippen molar-refractivity contribution in [2.75, 3.05) is 26.2 Å². The summed E-state index contributed by atoms with van der Waals surface area (Å²) in [6.07, 6.45) is 4.11. The fourth-order valence-corrected chi connectivity index (χ4v) is 2.94. The van der Waals surface area contributed by atoms with E-state index in [9.17, 15) is 0 Å². The van der Waals surface area contributed by atoms with Crippen LogP contribution in [0.5, 0.6) is 0 Å². The van der Waals surface area contributed by atoms with Crippen molar-refractivity contribution in [3.8, 4) is 6.07 Å². The van der Waals surface area contributed by atoms with Crippen molar-refractivity contribution in [2.24, 2.45) is 0 Å². The van der Waals surface area contributed by atoms with E-state index in [0.29, 0.717) is 0 Å². The van der Waals surface area contributed by atoms with Gasteiger partial charge in [0, 0.05) is 29.9 Å². The van der Waals surface area contributed by atoms with E-state index in [1.165, 1.54) is 37.2 Å². The van der Waals surface area contributed by atoms with E-state index in [2.05, 4.69) is 16.3 Å². The van der Waals surface area contributed by atoms with Crippen LogP contribution in [0.1, 0.15) is 29.7 Å². The molecule has 2 rings (SSSR count). The third kappa shape index (κ3) is 4.12. The SMILES string of the molecule is N#Cc1csc(CNCCN2CCCCC2)c1. The lowest BCUT2D eigenvalue weighted by Gasteiger charge is -2.26. The Morgan fingerprint density at radius 2 is 2.18 bits per heavy atom. The maximum Gasteiger partial charge on any atom is 0.100 e. The van der Waals surface area contributed by atoms with E-state index in [1.54, 1.807) is 11.3 Å². The first kappa shape index (κ1) is 12.6. The molecule has 92 valence electrons. The number of rotatable bonds is 5. The second-order valence-electron chi connectivity index (χ2n) is 4.49. The van der Waals surface area contributed by atoms with Gasteiger partial charge in [0.05, 0.1) is 5.56 Å². The molecule has 0 radical (unpaired) electrons. The Hall–Kier alpha value is -0.890. The Balaban J connectivity index is 1.61. The van der Waals surface area contributed by atoms with Crippen LogP contribution in [0.25, 0.3) is 0 Å². The predicted molar refractivity (Wildman–Crippen MR) is 71.0 cm³/mol. The van der Waals surface area contributed by atoms with Gasteiger partial charge < -0.3 is 10.2 Å². The minimum Gasteiger partial charge on any atom is -0.311 e. The largest absolute Gasteiger partial charge is 0.311 e. The number of hydrogen-bond acceptors (Lipinski definition) is 4. The lowest BCUT2D eigenvalue weighted by molar-refractivity contribution is 0.229. The van der Waals surface area contributed by atoms with Crippen molar-refractivity contribution >= 4 is 11.3 Å². The van der Waals surface area contributed by atoms with Gasteiger partial charge in [0.2, 0.25) is 0 Å². The molecule has 1 aliphatic rings. The monoisotopic (exact) mass is 249 g/mol. The molecule has 3 nitrogen and oxygen atoms in total. The van der Waals surface area contributed by atoms with Gasteiger partial charge in [0.1, 0.15) is 6.07 Å². The first-order valence-electron chi connectivity index (χ1n) is 6.29. The van der Waals surface area contributed by atoms with Gasteiger partial charge in [0.15, 0.2) is 0 Å². The average Bonchev–Trinajstić information content (AvgIpc) is 2.84. The molecular weight excluding hydrogens is 230 g/mol. The topological polar surface area (TPSA) is 39.1 Å². The van der Waals surface area contributed by atoms with Crippen LogP contribution in [0.4, 0.5) is 0 Å². The lowest BCUT2D eigenvalue weighted by atomic mass is 10.1. The van der Waals surface area contributed by atoms with Crippen LogP contribution in [-0.4, -0.2) is 31.1 Å². The highest BCUT2D eigenvalue weighted by Crippen LogP contribution is 2.13. The quantitative estimate of drug-likeness (QED) is 0.813. The van der Waals surface area contributed by atoms with Crippen LogP contribution in [0.15, 0.2) is 11.4 Å². The highest BCUT2D eigenvalue weighted by atomic mass is 32.1. The van der Waals surface area contributed by atoms with Crippen LogP contribution >= 0.6 is 11.3 Å². The van der Waals surface area contributed by atoms with Gasteiger partial charge in [-0.1, -0.05) is 6.42 Å². The maximum atomic E-state index is 8.72. The molecule has 0 aliphatic carbocycles. The Labute approximate surface area is 107 Å². The fourth-order valence-electron chi connectivity index (χ4n) is 2.16. The van der Waals surface area contributed by atoms with Crippen molar-refractivity contribution < 1.29 is 0 Å². The van der Waals surface area contributed by atoms with Crippen LogP contribution in [0.3, 0.4) is 0 Å². The lowest BCUT2D eigenvalue weighted by Crippen LogP contribution is -2.35. The Morgan fingerprint density at radius 3 is 2.88 bits per heavy atom. The first-order valence-corrected chi connectivity index (χ1v) is 7.17. The minimum atomic E-state index is 0.780. The molecule has 0 amide bonds. The zero-order valence-corrected chi connectivity index (χ0v) is 10.9. The van der Waals surface area contributed by atoms with E-state index >= 15 is 0 Å². The molecule has 0 spiro atoms. The minimum absolute atomic E-state index is 0.780. The fraction of sp³-hybridized carbons (Fsp3) is 0.615. The first-order chi connectivity index (χ1) is 8.38. The summed E-state index contributed by atoms with van der Waals surface area (Å²) in [4.78, 5) is 3.78. The number of nitrogens with zero attached hydrogens (tertiary/aromatic N) is 2. The van der Waals surface area contributed by atoms with Crippen LogP contribution in [0, 0.1) is 11.3 Å². The highest BCUT2D eigenvalue weighted by Gasteiger charge is 2.08. The molecule has 1 N–H and O–H groups in total. The number of nitrogens with one attached hydrogen (secondary N) is 1. The molecule has 1 aromatic heterocycles. The summed E-state index contributed by atoms with van der Waals surface area (Å²) in [5, 5.41) is 14.1. The molecule has 0 aromatic carbocycles.